The third-order valence-corrected chi connectivity index (χ3v) is 6.06. The lowest BCUT2D eigenvalue weighted by Crippen LogP contribution is -2.23. The number of rotatable bonds is 5. The summed E-state index contributed by atoms with van der Waals surface area (Å²) in [7, 11) is 4.09. The number of benzene rings is 1. The summed E-state index contributed by atoms with van der Waals surface area (Å²) >= 11 is 0. The van der Waals surface area contributed by atoms with Crippen molar-refractivity contribution in [1.29, 1.82) is 0 Å². The molecule has 0 saturated heterocycles. The average molecular weight is 424 g/mol. The van der Waals surface area contributed by atoms with Crippen LogP contribution in [0.1, 0.15) is 28.2 Å². The fourth-order valence-electron chi connectivity index (χ4n) is 4.13. The highest BCUT2D eigenvalue weighted by Crippen LogP contribution is 2.25. The van der Waals surface area contributed by atoms with Crippen LogP contribution in [0.5, 0.6) is 0 Å². The van der Waals surface area contributed by atoms with Gasteiger partial charge in [-0.2, -0.15) is 0 Å². The molecule has 1 aliphatic rings. The quantitative estimate of drug-likeness (QED) is 0.451. The molecule has 0 aliphatic carbocycles. The van der Waals surface area contributed by atoms with Crippen molar-refractivity contribution in [3.8, 4) is 11.3 Å². The van der Waals surface area contributed by atoms with Crippen LogP contribution in [0.4, 0.5) is 0 Å². The first-order valence-corrected chi connectivity index (χ1v) is 10.8. The molecule has 0 N–H and O–H groups in total. The van der Waals surface area contributed by atoms with Crippen LogP contribution in [-0.4, -0.2) is 50.3 Å². The number of nitrogens with zero attached hydrogens (tertiary/aromatic N) is 5. The van der Waals surface area contributed by atoms with Gasteiger partial charge in [0.15, 0.2) is 5.78 Å². The van der Waals surface area contributed by atoms with E-state index >= 15 is 0 Å². The van der Waals surface area contributed by atoms with Gasteiger partial charge in [0.05, 0.1) is 30.3 Å². The van der Waals surface area contributed by atoms with Gasteiger partial charge in [0, 0.05) is 54.7 Å². The molecule has 4 aromatic rings. The van der Waals surface area contributed by atoms with Gasteiger partial charge in [0.1, 0.15) is 0 Å². The number of aromatic nitrogens is 4. The molecule has 0 radical (unpaired) electrons. The predicted molar refractivity (Wildman–Crippen MR) is 126 cm³/mol. The van der Waals surface area contributed by atoms with Crippen molar-refractivity contribution in [3.63, 3.8) is 0 Å². The zero-order valence-corrected chi connectivity index (χ0v) is 18.3. The maximum Gasteiger partial charge on any atom is 0.168 e. The van der Waals surface area contributed by atoms with Crippen molar-refractivity contribution >= 4 is 22.1 Å². The Balaban J connectivity index is 1.39. The number of carbonyl (C=O) groups is 1. The maximum absolute atomic E-state index is 13.0. The van der Waals surface area contributed by atoms with E-state index in [4.69, 9.17) is 0 Å². The topological polar surface area (TPSA) is 63.9 Å². The number of fused-ring (bicyclic) bond motifs is 1. The normalized spacial score (nSPS) is 14.5. The minimum absolute atomic E-state index is 0.0526. The van der Waals surface area contributed by atoms with Crippen LogP contribution < -0.4 is 0 Å². The Bertz CT molecular complexity index is 1340. The smallest absolute Gasteiger partial charge is 0.168 e. The van der Waals surface area contributed by atoms with E-state index in [0.29, 0.717) is 5.56 Å². The third kappa shape index (κ3) is 4.09. The minimum Gasteiger partial charge on any atom is -0.334 e. The summed E-state index contributed by atoms with van der Waals surface area (Å²) in [6.45, 7) is 1.92. The Morgan fingerprint density at radius 3 is 2.72 bits per heavy atom. The van der Waals surface area contributed by atoms with Crippen molar-refractivity contribution in [2.24, 2.45) is 7.05 Å². The Hall–Kier alpha value is -3.64. The molecule has 32 heavy (non-hydrogen) atoms. The molecular formula is C26H25N5O. The molecule has 4 heterocycles. The van der Waals surface area contributed by atoms with Gasteiger partial charge in [0.25, 0.3) is 0 Å². The van der Waals surface area contributed by atoms with Crippen LogP contribution in [0, 0.1) is 0 Å². The molecule has 0 amide bonds. The highest BCUT2D eigenvalue weighted by molar-refractivity contribution is 5.98. The van der Waals surface area contributed by atoms with E-state index in [1.54, 1.807) is 18.6 Å². The molecule has 0 fully saturated rings. The standard InChI is InChI=1S/C26H25N5O/c1-30-9-6-18(7-10-30)24-13-20(5-8-28-24)26(32)14-23-12-22-11-19(3-4-21(22)15-29-23)25-16-27-17-31(25)2/h3-6,8,11-13,15-17H,7,9-10,14H2,1-2H3. The molecule has 0 unspecified atom stereocenters. The fourth-order valence-corrected chi connectivity index (χ4v) is 4.13. The summed E-state index contributed by atoms with van der Waals surface area (Å²) in [5.74, 6) is 0.0526. The number of Topliss-reactive ketones (excluding diaryl/α,β-unsaturated/α-hetero) is 1. The molecule has 0 spiro atoms. The van der Waals surface area contributed by atoms with Crippen LogP contribution in [0.25, 0.3) is 27.6 Å². The van der Waals surface area contributed by atoms with Gasteiger partial charge in [-0.1, -0.05) is 18.2 Å². The first-order valence-electron chi connectivity index (χ1n) is 10.8. The number of aryl methyl sites for hydroxylation is 1. The van der Waals surface area contributed by atoms with E-state index in [2.05, 4.69) is 51.2 Å². The summed E-state index contributed by atoms with van der Waals surface area (Å²) in [4.78, 5) is 28.5. The molecule has 0 atom stereocenters. The predicted octanol–water partition coefficient (Wildman–Crippen LogP) is 4.17. The molecule has 6 nitrogen and oxygen atoms in total. The van der Waals surface area contributed by atoms with Crippen molar-refractivity contribution in [2.75, 3.05) is 20.1 Å². The number of carbonyl (C=O) groups excluding carboxylic acids is 1. The lowest BCUT2D eigenvalue weighted by Gasteiger charge is -2.21. The maximum atomic E-state index is 13.0. The molecule has 1 aliphatic heterocycles. The zero-order valence-electron chi connectivity index (χ0n) is 18.3. The van der Waals surface area contributed by atoms with Gasteiger partial charge in [-0.25, -0.2) is 4.98 Å². The van der Waals surface area contributed by atoms with Crippen LogP contribution in [0.15, 0.2) is 67.4 Å². The van der Waals surface area contributed by atoms with E-state index in [0.717, 1.165) is 52.9 Å². The molecule has 6 heteroatoms. The second-order valence-electron chi connectivity index (χ2n) is 8.40. The van der Waals surface area contributed by atoms with Crippen LogP contribution in [0.2, 0.25) is 0 Å². The monoisotopic (exact) mass is 423 g/mol. The summed E-state index contributed by atoms with van der Waals surface area (Å²) in [6.07, 6.45) is 10.6. The Morgan fingerprint density at radius 2 is 1.94 bits per heavy atom. The van der Waals surface area contributed by atoms with Gasteiger partial charge in [-0.3, -0.25) is 14.8 Å². The van der Waals surface area contributed by atoms with Crippen molar-refractivity contribution in [2.45, 2.75) is 12.8 Å². The highest BCUT2D eigenvalue weighted by Gasteiger charge is 2.14. The molecule has 5 rings (SSSR count). The molecule has 0 saturated carbocycles. The van der Waals surface area contributed by atoms with Gasteiger partial charge in [0.2, 0.25) is 0 Å². The van der Waals surface area contributed by atoms with Crippen molar-refractivity contribution < 1.29 is 4.79 Å². The Morgan fingerprint density at radius 1 is 1.03 bits per heavy atom. The Labute approximate surface area is 187 Å². The van der Waals surface area contributed by atoms with Gasteiger partial charge in [-0.05, 0) is 48.7 Å². The van der Waals surface area contributed by atoms with Crippen LogP contribution in [0.3, 0.4) is 0 Å². The third-order valence-electron chi connectivity index (χ3n) is 6.06. The molecule has 0 bridgehead atoms. The summed E-state index contributed by atoms with van der Waals surface area (Å²) in [6, 6.07) is 12.0. The van der Waals surface area contributed by atoms with Crippen LogP contribution in [-0.2, 0) is 13.5 Å². The second-order valence-corrected chi connectivity index (χ2v) is 8.40. The lowest BCUT2D eigenvalue weighted by molar-refractivity contribution is 0.0992. The Kier molecular flexibility index (Phi) is 5.37. The lowest BCUT2D eigenvalue weighted by atomic mass is 10.00. The SMILES string of the molecule is CN1CC=C(c2cc(C(=O)Cc3cc4cc(-c5cncn5C)ccc4cn3)ccn2)CC1. The molecule has 3 aromatic heterocycles. The van der Waals surface area contributed by atoms with Gasteiger partial charge < -0.3 is 9.47 Å². The summed E-state index contributed by atoms with van der Waals surface area (Å²) < 4.78 is 1.99. The number of hydrogen-bond donors (Lipinski definition) is 0. The first-order chi connectivity index (χ1) is 15.6. The number of imidazole rings is 1. The van der Waals surface area contributed by atoms with Gasteiger partial charge in [-0.15, -0.1) is 0 Å². The zero-order chi connectivity index (χ0) is 22.1. The molecular weight excluding hydrogens is 398 g/mol. The van der Waals surface area contributed by atoms with E-state index in [9.17, 15) is 4.79 Å². The minimum atomic E-state index is 0.0526. The average Bonchev–Trinajstić information content (AvgIpc) is 3.25. The first kappa shape index (κ1) is 20.3. The largest absolute Gasteiger partial charge is 0.334 e. The van der Waals surface area contributed by atoms with Gasteiger partial charge >= 0.3 is 0 Å². The van der Waals surface area contributed by atoms with E-state index < -0.39 is 0 Å². The van der Waals surface area contributed by atoms with Crippen molar-refractivity contribution in [3.05, 3.63) is 84.3 Å². The second kappa shape index (κ2) is 8.48. The number of ketones is 1. The molecule has 1 aromatic carbocycles. The highest BCUT2D eigenvalue weighted by atomic mass is 16.1. The summed E-state index contributed by atoms with van der Waals surface area (Å²) in [5, 5.41) is 2.11. The van der Waals surface area contributed by atoms with E-state index in [-0.39, 0.29) is 12.2 Å². The summed E-state index contributed by atoms with van der Waals surface area (Å²) in [5.41, 5.74) is 5.70. The number of pyridine rings is 2. The van der Waals surface area contributed by atoms with Crippen molar-refractivity contribution in [1.82, 2.24) is 24.4 Å². The fraction of sp³-hybridized carbons (Fsp3) is 0.231. The number of hydrogen-bond acceptors (Lipinski definition) is 5. The van der Waals surface area contributed by atoms with Crippen LogP contribution >= 0.6 is 0 Å². The van der Waals surface area contributed by atoms with E-state index in [1.807, 2.05) is 36.1 Å². The van der Waals surface area contributed by atoms with E-state index in [1.165, 1.54) is 5.57 Å². The molecule has 160 valence electrons. The number of likely N-dealkylation sites (N-methyl/N-ethyl adjacent to an activating group) is 1.